The van der Waals surface area contributed by atoms with Gasteiger partial charge in [0.25, 0.3) is 0 Å². The number of carboxylic acids is 1. The molecule has 1 aromatic rings. The molecule has 1 aliphatic heterocycles. The molecule has 1 N–H and O–H groups in total. The zero-order valence-corrected chi connectivity index (χ0v) is 7.55. The van der Waals surface area contributed by atoms with Gasteiger partial charge in [0.1, 0.15) is 6.04 Å². The number of nitrogens with zero attached hydrogens (tertiary/aromatic N) is 2. The van der Waals surface area contributed by atoms with Crippen LogP contribution in [0.4, 0.5) is 0 Å². The van der Waals surface area contributed by atoms with Crippen molar-refractivity contribution in [1.82, 2.24) is 4.98 Å². The minimum Gasteiger partial charge on any atom is -0.480 e. The Balaban J connectivity index is 2.22. The minimum atomic E-state index is -0.851. The van der Waals surface area contributed by atoms with Crippen molar-refractivity contribution in [3.8, 4) is 0 Å². The summed E-state index contributed by atoms with van der Waals surface area (Å²) in [5, 5.41) is 8.75. The Labute approximate surface area is 81.3 Å². The summed E-state index contributed by atoms with van der Waals surface area (Å²) in [5.74, 6) is -0.851. The van der Waals surface area contributed by atoms with Gasteiger partial charge >= 0.3 is 5.97 Å². The monoisotopic (exact) mass is 190 g/mol. The van der Waals surface area contributed by atoms with E-state index in [-0.39, 0.29) is 0 Å². The van der Waals surface area contributed by atoms with Crippen molar-refractivity contribution in [1.29, 1.82) is 0 Å². The van der Waals surface area contributed by atoms with Crippen LogP contribution >= 0.6 is 0 Å². The van der Waals surface area contributed by atoms with E-state index < -0.39 is 12.0 Å². The smallest absolute Gasteiger partial charge is 0.328 e. The number of carboxylic acid groups (broad SMARTS) is 1. The fourth-order valence-corrected chi connectivity index (χ4v) is 1.50. The van der Waals surface area contributed by atoms with Gasteiger partial charge in [-0.15, -0.1) is 0 Å². The van der Waals surface area contributed by atoms with Crippen LogP contribution in [-0.2, 0) is 4.79 Å². The molecular formula is C10H10N2O2. The molecule has 4 nitrogen and oxygen atoms in total. The van der Waals surface area contributed by atoms with Crippen molar-refractivity contribution in [2.45, 2.75) is 18.9 Å². The van der Waals surface area contributed by atoms with Crippen molar-refractivity contribution < 1.29 is 9.90 Å². The SMILES string of the molecule is O=C(O)[C@@H]1CCC(c2ccccn2)=N1. The second-order valence-corrected chi connectivity index (χ2v) is 3.18. The number of aliphatic imine (C=N–C) groups is 1. The molecule has 0 unspecified atom stereocenters. The molecule has 2 heterocycles. The highest BCUT2D eigenvalue weighted by Gasteiger charge is 2.24. The lowest BCUT2D eigenvalue weighted by atomic mass is 10.1. The van der Waals surface area contributed by atoms with E-state index in [1.807, 2.05) is 18.2 Å². The summed E-state index contributed by atoms with van der Waals surface area (Å²) in [6.07, 6.45) is 2.97. The molecule has 0 saturated carbocycles. The molecular weight excluding hydrogens is 180 g/mol. The summed E-state index contributed by atoms with van der Waals surface area (Å²) in [6, 6.07) is 4.97. The summed E-state index contributed by atoms with van der Waals surface area (Å²) in [4.78, 5) is 18.9. The molecule has 2 rings (SSSR count). The van der Waals surface area contributed by atoms with Crippen LogP contribution in [-0.4, -0.2) is 27.8 Å². The maximum Gasteiger partial charge on any atom is 0.328 e. The Morgan fingerprint density at radius 2 is 2.36 bits per heavy atom. The van der Waals surface area contributed by atoms with E-state index >= 15 is 0 Å². The second kappa shape index (κ2) is 3.57. The number of hydrogen-bond acceptors (Lipinski definition) is 3. The lowest BCUT2D eigenvalue weighted by Crippen LogP contribution is -2.13. The maximum atomic E-state index is 10.7. The average molecular weight is 190 g/mol. The zero-order valence-electron chi connectivity index (χ0n) is 7.55. The van der Waals surface area contributed by atoms with Crippen LogP contribution in [0.2, 0.25) is 0 Å². The molecule has 4 heteroatoms. The van der Waals surface area contributed by atoms with Crippen molar-refractivity contribution >= 4 is 11.7 Å². The fourth-order valence-electron chi connectivity index (χ4n) is 1.50. The van der Waals surface area contributed by atoms with Gasteiger partial charge in [-0.1, -0.05) is 6.07 Å². The van der Waals surface area contributed by atoms with Crippen LogP contribution in [0.15, 0.2) is 29.4 Å². The summed E-state index contributed by atoms with van der Waals surface area (Å²) < 4.78 is 0. The summed E-state index contributed by atoms with van der Waals surface area (Å²) in [6.45, 7) is 0. The van der Waals surface area contributed by atoms with Crippen LogP contribution in [0.1, 0.15) is 18.5 Å². The third kappa shape index (κ3) is 1.64. The van der Waals surface area contributed by atoms with Gasteiger partial charge in [-0.25, -0.2) is 4.79 Å². The highest BCUT2D eigenvalue weighted by atomic mass is 16.4. The van der Waals surface area contributed by atoms with Crippen molar-refractivity contribution in [3.05, 3.63) is 30.1 Å². The summed E-state index contributed by atoms with van der Waals surface area (Å²) in [7, 11) is 0. The van der Waals surface area contributed by atoms with E-state index in [2.05, 4.69) is 9.98 Å². The normalized spacial score (nSPS) is 20.6. The molecule has 0 aromatic carbocycles. The predicted octanol–water partition coefficient (Wildman–Crippen LogP) is 1.12. The van der Waals surface area contributed by atoms with Crippen LogP contribution < -0.4 is 0 Å². The number of aliphatic carboxylic acids is 1. The Morgan fingerprint density at radius 3 is 2.93 bits per heavy atom. The molecule has 0 spiro atoms. The van der Waals surface area contributed by atoms with E-state index in [0.29, 0.717) is 12.8 Å². The lowest BCUT2D eigenvalue weighted by Gasteiger charge is -1.96. The first-order valence-corrected chi connectivity index (χ1v) is 4.48. The average Bonchev–Trinajstić information content (AvgIpc) is 2.68. The Morgan fingerprint density at radius 1 is 1.50 bits per heavy atom. The quantitative estimate of drug-likeness (QED) is 0.760. The second-order valence-electron chi connectivity index (χ2n) is 3.18. The van der Waals surface area contributed by atoms with Crippen molar-refractivity contribution in [3.63, 3.8) is 0 Å². The molecule has 0 fully saturated rings. The first-order valence-electron chi connectivity index (χ1n) is 4.48. The topological polar surface area (TPSA) is 62.5 Å². The van der Waals surface area contributed by atoms with E-state index in [0.717, 1.165) is 11.4 Å². The van der Waals surface area contributed by atoms with Crippen molar-refractivity contribution in [2.24, 2.45) is 4.99 Å². The number of rotatable bonds is 2. The molecule has 0 amide bonds. The maximum absolute atomic E-state index is 10.7. The molecule has 0 aliphatic carbocycles. The molecule has 1 atom stereocenters. The predicted molar refractivity (Wildman–Crippen MR) is 51.4 cm³/mol. The third-order valence-electron chi connectivity index (χ3n) is 2.21. The summed E-state index contributed by atoms with van der Waals surface area (Å²) >= 11 is 0. The van der Waals surface area contributed by atoms with Gasteiger partial charge in [-0.2, -0.15) is 0 Å². The fraction of sp³-hybridized carbons (Fsp3) is 0.300. The van der Waals surface area contributed by atoms with Crippen LogP contribution in [0.5, 0.6) is 0 Å². The number of pyridine rings is 1. The highest BCUT2D eigenvalue weighted by molar-refractivity contribution is 6.02. The number of carbonyl (C=O) groups is 1. The van der Waals surface area contributed by atoms with Crippen LogP contribution in [0.25, 0.3) is 0 Å². The third-order valence-corrected chi connectivity index (χ3v) is 2.21. The summed E-state index contributed by atoms with van der Waals surface area (Å²) in [5.41, 5.74) is 1.59. The van der Waals surface area contributed by atoms with Crippen LogP contribution in [0.3, 0.4) is 0 Å². The molecule has 14 heavy (non-hydrogen) atoms. The van der Waals surface area contributed by atoms with Gasteiger partial charge in [0, 0.05) is 6.20 Å². The van der Waals surface area contributed by atoms with E-state index in [1.54, 1.807) is 6.20 Å². The highest BCUT2D eigenvalue weighted by Crippen LogP contribution is 2.17. The van der Waals surface area contributed by atoms with Gasteiger partial charge in [-0.3, -0.25) is 9.98 Å². The zero-order chi connectivity index (χ0) is 9.97. The first-order chi connectivity index (χ1) is 6.77. The first kappa shape index (κ1) is 8.87. The van der Waals surface area contributed by atoms with Gasteiger partial charge in [0.2, 0.25) is 0 Å². The Kier molecular flexibility index (Phi) is 2.26. The molecule has 0 bridgehead atoms. The molecule has 0 saturated heterocycles. The molecule has 72 valence electrons. The van der Waals surface area contributed by atoms with Gasteiger partial charge < -0.3 is 5.11 Å². The van der Waals surface area contributed by atoms with E-state index in [4.69, 9.17) is 5.11 Å². The Bertz CT molecular complexity index is 373. The lowest BCUT2D eigenvalue weighted by molar-refractivity contribution is -0.138. The molecule has 0 radical (unpaired) electrons. The van der Waals surface area contributed by atoms with Gasteiger partial charge in [-0.05, 0) is 25.0 Å². The minimum absolute atomic E-state index is 0.577. The standard InChI is InChI=1S/C10H10N2O2/c13-10(14)9-5-4-8(12-9)7-3-1-2-6-11-7/h1-3,6,9H,4-5H2,(H,13,14)/t9-/m0/s1. The van der Waals surface area contributed by atoms with Gasteiger partial charge in [0.05, 0.1) is 11.4 Å². The number of hydrogen-bond donors (Lipinski definition) is 1. The largest absolute Gasteiger partial charge is 0.480 e. The van der Waals surface area contributed by atoms with Gasteiger partial charge in [0.15, 0.2) is 0 Å². The molecule has 1 aliphatic rings. The Hall–Kier alpha value is -1.71. The van der Waals surface area contributed by atoms with Crippen molar-refractivity contribution in [2.75, 3.05) is 0 Å². The van der Waals surface area contributed by atoms with E-state index in [1.165, 1.54) is 0 Å². The molecule has 1 aromatic heterocycles. The van der Waals surface area contributed by atoms with E-state index in [9.17, 15) is 4.79 Å². The van der Waals surface area contributed by atoms with Crippen LogP contribution in [0, 0.1) is 0 Å². The number of aromatic nitrogens is 1.